The number of benzene rings is 1. The molecule has 6 heteroatoms. The van der Waals surface area contributed by atoms with Crippen LogP contribution in [0.3, 0.4) is 0 Å². The van der Waals surface area contributed by atoms with E-state index in [-0.39, 0.29) is 18.1 Å². The molecule has 0 saturated carbocycles. The quantitative estimate of drug-likeness (QED) is 0.808. The van der Waals surface area contributed by atoms with Crippen LogP contribution in [0, 0.1) is 0 Å². The van der Waals surface area contributed by atoms with Crippen LogP contribution in [0.1, 0.15) is 29.4 Å². The molecule has 0 unspecified atom stereocenters. The molecule has 0 fully saturated rings. The maximum absolute atomic E-state index is 11.3. The fraction of sp³-hybridized carbons (Fsp3) is 0.231. The zero-order valence-electron chi connectivity index (χ0n) is 10.3. The normalized spacial score (nSPS) is 10.6. The molecule has 100 valence electrons. The molecule has 0 aliphatic carbocycles. The SMILES string of the molecule is CCC(=O)NCc1c(C(=O)O)[nH]c2ccc(Br)cc12. The fourth-order valence-electron chi connectivity index (χ4n) is 1.90. The number of aromatic carboxylic acids is 1. The minimum Gasteiger partial charge on any atom is -0.477 e. The van der Waals surface area contributed by atoms with Crippen LogP contribution in [0.25, 0.3) is 10.9 Å². The Bertz CT molecular complexity index is 649. The first-order valence-electron chi connectivity index (χ1n) is 5.83. The van der Waals surface area contributed by atoms with Crippen molar-refractivity contribution in [2.45, 2.75) is 19.9 Å². The molecule has 2 aromatic rings. The molecule has 19 heavy (non-hydrogen) atoms. The Morgan fingerprint density at radius 3 is 2.79 bits per heavy atom. The van der Waals surface area contributed by atoms with E-state index in [1.807, 2.05) is 12.1 Å². The molecular weight excluding hydrogens is 312 g/mol. The van der Waals surface area contributed by atoms with E-state index in [1.54, 1.807) is 13.0 Å². The maximum Gasteiger partial charge on any atom is 0.352 e. The van der Waals surface area contributed by atoms with Crippen molar-refractivity contribution >= 4 is 38.7 Å². The molecule has 1 heterocycles. The number of nitrogens with one attached hydrogen (secondary N) is 2. The summed E-state index contributed by atoms with van der Waals surface area (Å²) in [6.07, 6.45) is 0.369. The molecule has 1 aromatic heterocycles. The van der Waals surface area contributed by atoms with E-state index < -0.39 is 5.97 Å². The van der Waals surface area contributed by atoms with Gasteiger partial charge in [-0.25, -0.2) is 4.79 Å². The molecule has 3 N–H and O–H groups in total. The Labute approximate surface area is 118 Å². The summed E-state index contributed by atoms with van der Waals surface area (Å²) in [7, 11) is 0. The van der Waals surface area contributed by atoms with Crippen molar-refractivity contribution in [2.24, 2.45) is 0 Å². The van der Waals surface area contributed by atoms with Gasteiger partial charge >= 0.3 is 5.97 Å². The average Bonchev–Trinajstić information content (AvgIpc) is 2.74. The second-order valence-electron chi connectivity index (χ2n) is 4.10. The van der Waals surface area contributed by atoms with Gasteiger partial charge in [-0.2, -0.15) is 0 Å². The van der Waals surface area contributed by atoms with Crippen LogP contribution >= 0.6 is 15.9 Å². The van der Waals surface area contributed by atoms with Crippen LogP contribution in [0.5, 0.6) is 0 Å². The van der Waals surface area contributed by atoms with E-state index in [4.69, 9.17) is 0 Å². The second-order valence-corrected chi connectivity index (χ2v) is 5.02. The molecule has 0 aliphatic rings. The Balaban J connectivity index is 2.48. The third-order valence-corrected chi connectivity index (χ3v) is 3.36. The largest absolute Gasteiger partial charge is 0.477 e. The van der Waals surface area contributed by atoms with Crippen molar-refractivity contribution in [1.82, 2.24) is 10.3 Å². The lowest BCUT2D eigenvalue weighted by molar-refractivity contribution is -0.120. The van der Waals surface area contributed by atoms with Gasteiger partial charge in [-0.15, -0.1) is 0 Å². The van der Waals surface area contributed by atoms with Gasteiger partial charge in [0.15, 0.2) is 0 Å². The Morgan fingerprint density at radius 1 is 1.42 bits per heavy atom. The Hall–Kier alpha value is -1.82. The van der Waals surface area contributed by atoms with Gasteiger partial charge in [0.25, 0.3) is 0 Å². The third kappa shape index (κ3) is 2.78. The third-order valence-electron chi connectivity index (χ3n) is 2.87. The number of aromatic amines is 1. The summed E-state index contributed by atoms with van der Waals surface area (Å²) in [5.41, 5.74) is 1.44. The molecule has 1 aromatic carbocycles. The number of carboxylic acids is 1. The highest BCUT2D eigenvalue weighted by Gasteiger charge is 2.17. The minimum atomic E-state index is -1.03. The van der Waals surface area contributed by atoms with Gasteiger partial charge in [0, 0.05) is 33.9 Å². The summed E-state index contributed by atoms with van der Waals surface area (Å²) < 4.78 is 0.860. The molecular formula is C13H13BrN2O3. The predicted octanol–water partition coefficient (Wildman–Crippen LogP) is 2.65. The Morgan fingerprint density at radius 2 is 2.16 bits per heavy atom. The number of rotatable bonds is 4. The molecule has 0 atom stereocenters. The van der Waals surface area contributed by atoms with Gasteiger partial charge in [-0.05, 0) is 18.2 Å². The zero-order chi connectivity index (χ0) is 14.0. The van der Waals surface area contributed by atoms with Crippen molar-refractivity contribution in [2.75, 3.05) is 0 Å². The lowest BCUT2D eigenvalue weighted by atomic mass is 10.1. The minimum absolute atomic E-state index is 0.110. The van der Waals surface area contributed by atoms with E-state index in [0.29, 0.717) is 12.0 Å². The van der Waals surface area contributed by atoms with Gasteiger partial charge in [-0.1, -0.05) is 22.9 Å². The smallest absolute Gasteiger partial charge is 0.352 e. The van der Waals surface area contributed by atoms with Gasteiger partial charge in [0.2, 0.25) is 5.91 Å². The second kappa shape index (κ2) is 5.44. The number of H-pyrrole nitrogens is 1. The number of fused-ring (bicyclic) bond motifs is 1. The number of carbonyl (C=O) groups is 2. The van der Waals surface area contributed by atoms with E-state index in [2.05, 4.69) is 26.2 Å². The summed E-state index contributed by atoms with van der Waals surface area (Å²) in [5, 5.41) is 12.7. The van der Waals surface area contributed by atoms with Gasteiger partial charge in [0.05, 0.1) is 0 Å². The summed E-state index contributed by atoms with van der Waals surface area (Å²) >= 11 is 3.36. The zero-order valence-corrected chi connectivity index (χ0v) is 11.9. The van der Waals surface area contributed by atoms with Crippen LogP contribution in [0.4, 0.5) is 0 Å². The van der Waals surface area contributed by atoms with E-state index in [9.17, 15) is 14.7 Å². The number of carbonyl (C=O) groups excluding carboxylic acids is 1. The maximum atomic E-state index is 11.3. The van der Waals surface area contributed by atoms with Gasteiger partial charge in [-0.3, -0.25) is 4.79 Å². The topological polar surface area (TPSA) is 82.2 Å². The molecule has 2 rings (SSSR count). The van der Waals surface area contributed by atoms with E-state index >= 15 is 0 Å². The first-order chi connectivity index (χ1) is 9.02. The average molecular weight is 325 g/mol. The molecule has 5 nitrogen and oxygen atoms in total. The van der Waals surface area contributed by atoms with E-state index in [0.717, 1.165) is 15.4 Å². The highest BCUT2D eigenvalue weighted by atomic mass is 79.9. The van der Waals surface area contributed by atoms with E-state index in [1.165, 1.54) is 0 Å². The molecule has 1 amide bonds. The number of hydrogen-bond acceptors (Lipinski definition) is 2. The monoisotopic (exact) mass is 324 g/mol. The molecule has 0 spiro atoms. The summed E-state index contributed by atoms with van der Waals surface area (Å²) in [5.74, 6) is -1.14. The summed E-state index contributed by atoms with van der Waals surface area (Å²) in [4.78, 5) is 25.4. The highest BCUT2D eigenvalue weighted by molar-refractivity contribution is 9.10. The van der Waals surface area contributed by atoms with Crippen molar-refractivity contribution in [3.05, 3.63) is 33.9 Å². The summed E-state index contributed by atoms with van der Waals surface area (Å²) in [6.45, 7) is 1.95. The number of halogens is 1. The van der Waals surface area contributed by atoms with Crippen LogP contribution < -0.4 is 5.32 Å². The lowest BCUT2D eigenvalue weighted by Crippen LogP contribution is -2.22. The molecule has 0 aliphatic heterocycles. The number of carboxylic acid groups (broad SMARTS) is 1. The van der Waals surface area contributed by atoms with Crippen LogP contribution in [0.15, 0.2) is 22.7 Å². The number of hydrogen-bond donors (Lipinski definition) is 3. The lowest BCUT2D eigenvalue weighted by Gasteiger charge is -2.04. The first kappa shape index (κ1) is 13.6. The van der Waals surface area contributed by atoms with Crippen molar-refractivity contribution in [1.29, 1.82) is 0 Å². The number of amides is 1. The molecule has 0 bridgehead atoms. The van der Waals surface area contributed by atoms with Crippen molar-refractivity contribution in [3.8, 4) is 0 Å². The predicted molar refractivity (Wildman–Crippen MR) is 75.1 cm³/mol. The Kier molecular flexibility index (Phi) is 3.90. The number of aromatic nitrogens is 1. The van der Waals surface area contributed by atoms with Crippen LogP contribution in [-0.2, 0) is 11.3 Å². The van der Waals surface area contributed by atoms with Crippen LogP contribution in [-0.4, -0.2) is 22.0 Å². The van der Waals surface area contributed by atoms with Crippen molar-refractivity contribution < 1.29 is 14.7 Å². The van der Waals surface area contributed by atoms with Crippen LogP contribution in [0.2, 0.25) is 0 Å². The van der Waals surface area contributed by atoms with Crippen molar-refractivity contribution in [3.63, 3.8) is 0 Å². The van der Waals surface area contributed by atoms with Gasteiger partial charge < -0.3 is 15.4 Å². The highest BCUT2D eigenvalue weighted by Crippen LogP contribution is 2.26. The first-order valence-corrected chi connectivity index (χ1v) is 6.62. The van der Waals surface area contributed by atoms with Gasteiger partial charge in [0.1, 0.15) is 5.69 Å². The molecule has 0 saturated heterocycles. The fourth-order valence-corrected chi connectivity index (χ4v) is 2.26. The summed E-state index contributed by atoms with van der Waals surface area (Å²) in [6, 6.07) is 5.47. The standard InChI is InChI=1S/C13H13BrN2O3/c1-2-11(17)15-6-9-8-5-7(14)3-4-10(8)16-12(9)13(18)19/h3-5,16H,2,6H2,1H3,(H,15,17)(H,18,19). The molecule has 0 radical (unpaired) electrons.